The molecule has 22 heavy (non-hydrogen) atoms. The van der Waals surface area contributed by atoms with Crippen molar-refractivity contribution in [3.8, 4) is 5.75 Å². The third-order valence-electron chi connectivity index (χ3n) is 3.33. The predicted molar refractivity (Wildman–Crippen MR) is 85.5 cm³/mol. The second kappa shape index (κ2) is 6.77. The van der Waals surface area contributed by atoms with Crippen LogP contribution in [-0.2, 0) is 15.6 Å². The Kier molecular flexibility index (Phi) is 6.12. The van der Waals surface area contributed by atoms with Crippen LogP contribution in [0.25, 0.3) is 0 Å². The van der Waals surface area contributed by atoms with Crippen LogP contribution in [-0.4, -0.2) is 21.1 Å². The highest BCUT2D eigenvalue weighted by Crippen LogP contribution is 2.40. The number of nitro groups is 1. The number of hydrogen-bond donors (Lipinski definition) is 2. The summed E-state index contributed by atoms with van der Waals surface area (Å²) in [7, 11) is 0. The first-order valence-electron chi connectivity index (χ1n) is 7.14. The van der Waals surface area contributed by atoms with Gasteiger partial charge >= 0.3 is 5.97 Å². The molecule has 6 heteroatoms. The van der Waals surface area contributed by atoms with E-state index in [-0.39, 0.29) is 17.0 Å². The van der Waals surface area contributed by atoms with Gasteiger partial charge in [0.2, 0.25) is 0 Å². The van der Waals surface area contributed by atoms with Crippen molar-refractivity contribution in [2.75, 3.05) is 0 Å². The first-order chi connectivity index (χ1) is 9.89. The quantitative estimate of drug-likeness (QED) is 0.649. The largest absolute Gasteiger partial charge is 0.507 e. The van der Waals surface area contributed by atoms with Gasteiger partial charge in [-0.25, -0.2) is 0 Å². The molecule has 0 amide bonds. The van der Waals surface area contributed by atoms with E-state index in [1.807, 2.05) is 13.8 Å². The van der Waals surface area contributed by atoms with E-state index in [9.17, 15) is 25.1 Å². The molecule has 0 aliphatic carbocycles. The van der Waals surface area contributed by atoms with Crippen LogP contribution in [0.15, 0.2) is 12.1 Å². The molecule has 1 aromatic carbocycles. The van der Waals surface area contributed by atoms with Crippen molar-refractivity contribution in [2.45, 2.75) is 59.3 Å². The zero-order valence-electron chi connectivity index (χ0n) is 14.2. The van der Waals surface area contributed by atoms with Gasteiger partial charge in [0.25, 0.3) is 5.69 Å². The Bertz CT molecular complexity index is 571. The van der Waals surface area contributed by atoms with Crippen LogP contribution in [0.1, 0.15) is 59.6 Å². The molecule has 0 heterocycles. The van der Waals surface area contributed by atoms with Crippen molar-refractivity contribution < 1.29 is 19.9 Å². The molecular formula is C16H25NO5. The topological polar surface area (TPSA) is 101 Å². The summed E-state index contributed by atoms with van der Waals surface area (Å²) in [5.74, 6) is -1.49. The monoisotopic (exact) mass is 311 g/mol. The Morgan fingerprint density at radius 2 is 1.55 bits per heavy atom. The zero-order chi connectivity index (χ0) is 17.9. The minimum atomic E-state index is -1.33. The van der Waals surface area contributed by atoms with Gasteiger partial charge < -0.3 is 10.2 Å². The van der Waals surface area contributed by atoms with Gasteiger partial charge in [-0.2, -0.15) is 0 Å². The average molecular weight is 311 g/mol. The Hall–Kier alpha value is -2.11. The summed E-state index contributed by atoms with van der Waals surface area (Å²) in [6.07, 6.45) is 0. The second-order valence-corrected chi connectivity index (χ2v) is 6.32. The lowest BCUT2D eigenvalue weighted by Crippen LogP contribution is -2.29. The number of carboxylic acids is 1. The number of phenolic OH excluding ortho intramolecular Hbond substituents is 1. The lowest BCUT2D eigenvalue weighted by atomic mass is 9.78. The third-order valence-corrected chi connectivity index (χ3v) is 3.33. The van der Waals surface area contributed by atoms with Crippen LogP contribution < -0.4 is 0 Å². The number of nitrogens with zero attached hydrogens (tertiary/aromatic N) is 1. The van der Waals surface area contributed by atoms with Gasteiger partial charge in [0.1, 0.15) is 5.75 Å². The van der Waals surface area contributed by atoms with E-state index in [0.717, 1.165) is 6.07 Å². The molecule has 0 saturated heterocycles. The van der Waals surface area contributed by atoms with Crippen LogP contribution in [0, 0.1) is 10.1 Å². The highest BCUT2D eigenvalue weighted by molar-refractivity contribution is 5.82. The summed E-state index contributed by atoms with van der Waals surface area (Å²) in [5.41, 5.74) is -1.52. The van der Waals surface area contributed by atoms with Gasteiger partial charge in [0, 0.05) is 11.1 Å². The molecule has 0 spiro atoms. The van der Waals surface area contributed by atoms with E-state index >= 15 is 0 Å². The number of carbonyl (C=O) groups is 1. The predicted octanol–water partition coefficient (Wildman–Crippen LogP) is 3.99. The summed E-state index contributed by atoms with van der Waals surface area (Å²) in [6.45, 7) is 12.3. The van der Waals surface area contributed by atoms with Gasteiger partial charge in [-0.15, -0.1) is 0 Å². The standard InChI is InChI=1S/C14H19NO5.C2H6/c1-13(2,3)8-6-9(14(4,5)12(17)18)11(16)7-10(8)15(19)20;1-2/h6-7,16H,1-5H3,(H,17,18);1-2H3. The number of phenols is 1. The fourth-order valence-corrected chi connectivity index (χ4v) is 1.94. The molecule has 0 bridgehead atoms. The van der Waals surface area contributed by atoms with Gasteiger partial charge in [0.05, 0.1) is 16.4 Å². The number of benzene rings is 1. The van der Waals surface area contributed by atoms with E-state index in [1.165, 1.54) is 19.9 Å². The number of aliphatic carboxylic acids is 1. The van der Waals surface area contributed by atoms with Crippen LogP contribution in [0.2, 0.25) is 0 Å². The smallest absolute Gasteiger partial charge is 0.313 e. The molecule has 2 N–H and O–H groups in total. The molecule has 0 aromatic heterocycles. The Labute approximate surface area is 130 Å². The van der Waals surface area contributed by atoms with Crippen molar-refractivity contribution in [3.63, 3.8) is 0 Å². The maximum absolute atomic E-state index is 11.3. The summed E-state index contributed by atoms with van der Waals surface area (Å²) in [4.78, 5) is 21.8. The number of hydrogen-bond acceptors (Lipinski definition) is 4. The molecule has 0 atom stereocenters. The average Bonchev–Trinajstić information content (AvgIpc) is 2.38. The summed E-state index contributed by atoms with van der Waals surface area (Å²) in [5, 5.41) is 30.3. The van der Waals surface area contributed by atoms with Crippen molar-refractivity contribution in [2.24, 2.45) is 0 Å². The number of aromatic hydroxyl groups is 1. The van der Waals surface area contributed by atoms with Gasteiger partial charge in [-0.05, 0) is 25.3 Å². The van der Waals surface area contributed by atoms with E-state index in [4.69, 9.17) is 0 Å². The fourth-order valence-electron chi connectivity index (χ4n) is 1.94. The summed E-state index contributed by atoms with van der Waals surface area (Å²) >= 11 is 0. The minimum absolute atomic E-state index is 0.167. The molecule has 0 saturated carbocycles. The molecular weight excluding hydrogens is 286 g/mol. The molecule has 0 aliphatic rings. The van der Waals surface area contributed by atoms with Gasteiger partial charge in [-0.3, -0.25) is 14.9 Å². The van der Waals surface area contributed by atoms with Crippen LogP contribution in [0.4, 0.5) is 5.69 Å². The fraction of sp³-hybridized carbons (Fsp3) is 0.562. The number of rotatable bonds is 3. The van der Waals surface area contributed by atoms with E-state index < -0.39 is 21.7 Å². The summed E-state index contributed by atoms with van der Waals surface area (Å²) in [6, 6.07) is 2.45. The number of carboxylic acid groups (broad SMARTS) is 1. The molecule has 0 radical (unpaired) electrons. The Morgan fingerprint density at radius 3 is 1.86 bits per heavy atom. The molecule has 0 aliphatic heterocycles. The van der Waals surface area contributed by atoms with E-state index in [1.54, 1.807) is 20.8 Å². The second-order valence-electron chi connectivity index (χ2n) is 6.32. The first kappa shape index (κ1) is 19.9. The summed E-state index contributed by atoms with van der Waals surface area (Å²) < 4.78 is 0. The van der Waals surface area contributed by atoms with Crippen molar-refractivity contribution in [3.05, 3.63) is 33.4 Å². The molecule has 0 fully saturated rings. The maximum Gasteiger partial charge on any atom is 0.313 e. The Balaban J connectivity index is 0.00000211. The van der Waals surface area contributed by atoms with Crippen molar-refractivity contribution >= 4 is 11.7 Å². The molecule has 6 nitrogen and oxygen atoms in total. The SMILES string of the molecule is CC.CC(C)(C)c1cc(C(C)(C)C(=O)O)c(O)cc1[N+](=O)[O-]. The highest BCUT2D eigenvalue weighted by atomic mass is 16.6. The molecule has 124 valence electrons. The molecule has 1 rings (SSSR count). The van der Waals surface area contributed by atoms with Gasteiger partial charge in [0.15, 0.2) is 0 Å². The lowest BCUT2D eigenvalue weighted by molar-refractivity contribution is -0.386. The van der Waals surface area contributed by atoms with E-state index in [0.29, 0.717) is 5.56 Å². The number of nitro benzene ring substituents is 1. The minimum Gasteiger partial charge on any atom is -0.507 e. The molecule has 0 unspecified atom stereocenters. The van der Waals surface area contributed by atoms with Crippen LogP contribution in [0.3, 0.4) is 0 Å². The lowest BCUT2D eigenvalue weighted by Gasteiger charge is -2.25. The third kappa shape index (κ3) is 3.96. The van der Waals surface area contributed by atoms with Crippen LogP contribution in [0.5, 0.6) is 5.75 Å². The maximum atomic E-state index is 11.3. The highest BCUT2D eigenvalue weighted by Gasteiger charge is 2.36. The normalized spacial score (nSPS) is 11.4. The van der Waals surface area contributed by atoms with Gasteiger partial charge in [-0.1, -0.05) is 34.6 Å². The first-order valence-corrected chi connectivity index (χ1v) is 7.14. The van der Waals surface area contributed by atoms with Crippen molar-refractivity contribution in [1.82, 2.24) is 0 Å². The van der Waals surface area contributed by atoms with E-state index in [2.05, 4.69) is 0 Å². The zero-order valence-corrected chi connectivity index (χ0v) is 14.2. The Morgan fingerprint density at radius 1 is 1.09 bits per heavy atom. The van der Waals surface area contributed by atoms with Crippen molar-refractivity contribution in [1.29, 1.82) is 0 Å². The van der Waals surface area contributed by atoms with Crippen LogP contribution >= 0.6 is 0 Å². The molecule has 1 aromatic rings.